The van der Waals surface area contributed by atoms with Crippen molar-refractivity contribution in [2.45, 2.75) is 32.4 Å². The summed E-state index contributed by atoms with van der Waals surface area (Å²) in [5, 5.41) is 14.2. The molecule has 0 aromatic heterocycles. The summed E-state index contributed by atoms with van der Waals surface area (Å²) in [7, 11) is 0. The summed E-state index contributed by atoms with van der Waals surface area (Å²) in [4.78, 5) is 11.3. The van der Waals surface area contributed by atoms with E-state index in [9.17, 15) is 9.90 Å². The molecule has 4 heteroatoms. The highest BCUT2D eigenvalue weighted by Crippen LogP contribution is 2.17. The van der Waals surface area contributed by atoms with Crippen molar-refractivity contribution in [2.75, 3.05) is 6.54 Å². The van der Waals surface area contributed by atoms with Gasteiger partial charge in [-0.25, -0.2) is 0 Å². The van der Waals surface area contributed by atoms with Gasteiger partial charge in [-0.1, -0.05) is 48.0 Å². The highest BCUT2D eigenvalue weighted by atomic mass is 35.5. The number of ketones is 1. The van der Waals surface area contributed by atoms with Gasteiger partial charge in [-0.15, -0.1) is 0 Å². The molecule has 3 nitrogen and oxygen atoms in total. The van der Waals surface area contributed by atoms with Crippen LogP contribution in [0.1, 0.15) is 41.4 Å². The normalized spacial score (nSPS) is 13.6. The van der Waals surface area contributed by atoms with Crippen LogP contribution >= 0.6 is 11.6 Å². The Bertz CT molecular complexity index is 655. The second-order valence-electron chi connectivity index (χ2n) is 5.84. The molecular formula is C19H22ClNO2. The Morgan fingerprint density at radius 1 is 1.22 bits per heavy atom. The van der Waals surface area contributed by atoms with Crippen molar-refractivity contribution in [1.82, 2.24) is 5.32 Å². The molecule has 0 spiro atoms. The fourth-order valence-corrected chi connectivity index (χ4v) is 2.64. The van der Waals surface area contributed by atoms with Crippen molar-refractivity contribution >= 4 is 17.4 Å². The third-order valence-corrected chi connectivity index (χ3v) is 4.03. The molecule has 2 aromatic carbocycles. The highest BCUT2D eigenvalue weighted by Gasteiger charge is 2.10. The topological polar surface area (TPSA) is 49.3 Å². The van der Waals surface area contributed by atoms with Gasteiger partial charge in [0.25, 0.3) is 0 Å². The molecule has 2 N–H and O–H groups in total. The third-order valence-electron chi connectivity index (χ3n) is 3.80. The molecule has 0 bridgehead atoms. The highest BCUT2D eigenvalue weighted by molar-refractivity contribution is 6.30. The number of hydrogen-bond acceptors (Lipinski definition) is 3. The lowest BCUT2D eigenvalue weighted by molar-refractivity contribution is 0.101. The van der Waals surface area contributed by atoms with Gasteiger partial charge in [0.2, 0.25) is 0 Å². The Morgan fingerprint density at radius 2 is 1.91 bits per heavy atom. The van der Waals surface area contributed by atoms with Gasteiger partial charge in [-0.3, -0.25) is 4.79 Å². The largest absolute Gasteiger partial charge is 0.387 e. The molecule has 0 saturated heterocycles. The lowest BCUT2D eigenvalue weighted by Crippen LogP contribution is -2.32. The number of hydrogen-bond donors (Lipinski definition) is 2. The van der Waals surface area contributed by atoms with Crippen LogP contribution in [0.25, 0.3) is 0 Å². The standard InChI is InChI=1S/C19H22ClNO2/c1-13(10-15-6-8-16(9-7-15)14(2)22)21-12-19(23)17-4-3-5-18(20)11-17/h3-9,11,13,19,21,23H,10,12H2,1-2H3/t13?,19-/m0/s1. The van der Waals surface area contributed by atoms with Crippen LogP contribution in [-0.2, 0) is 6.42 Å². The first kappa shape index (κ1) is 17.7. The summed E-state index contributed by atoms with van der Waals surface area (Å²) in [6, 6.07) is 15.1. The maximum Gasteiger partial charge on any atom is 0.159 e. The first-order valence-corrected chi connectivity index (χ1v) is 8.10. The predicted molar refractivity (Wildman–Crippen MR) is 94.0 cm³/mol. The maximum absolute atomic E-state index is 11.3. The molecule has 0 heterocycles. The van der Waals surface area contributed by atoms with Gasteiger partial charge in [0.05, 0.1) is 6.10 Å². The van der Waals surface area contributed by atoms with Gasteiger partial charge in [-0.2, -0.15) is 0 Å². The molecule has 0 aliphatic heterocycles. The average molecular weight is 332 g/mol. The molecule has 0 aliphatic carbocycles. The van der Waals surface area contributed by atoms with Gasteiger partial charge >= 0.3 is 0 Å². The Labute approximate surface area is 142 Å². The van der Waals surface area contributed by atoms with E-state index in [4.69, 9.17) is 11.6 Å². The van der Waals surface area contributed by atoms with Crippen molar-refractivity contribution in [2.24, 2.45) is 0 Å². The SMILES string of the molecule is CC(=O)c1ccc(CC(C)NC[C@H](O)c2cccc(Cl)c2)cc1. The van der Waals surface area contributed by atoms with Crippen molar-refractivity contribution < 1.29 is 9.90 Å². The van der Waals surface area contributed by atoms with E-state index < -0.39 is 6.10 Å². The number of nitrogens with one attached hydrogen (secondary N) is 1. The van der Waals surface area contributed by atoms with E-state index in [1.165, 1.54) is 0 Å². The minimum absolute atomic E-state index is 0.0763. The molecule has 0 aliphatic rings. The molecule has 0 saturated carbocycles. The number of aliphatic hydroxyl groups is 1. The zero-order valence-corrected chi connectivity index (χ0v) is 14.2. The van der Waals surface area contributed by atoms with E-state index in [-0.39, 0.29) is 11.8 Å². The summed E-state index contributed by atoms with van der Waals surface area (Å²) in [6.07, 6.45) is 0.247. The van der Waals surface area contributed by atoms with Gasteiger partial charge in [0.1, 0.15) is 0 Å². The second-order valence-corrected chi connectivity index (χ2v) is 6.27. The summed E-state index contributed by atoms with van der Waals surface area (Å²) < 4.78 is 0. The molecule has 23 heavy (non-hydrogen) atoms. The van der Waals surface area contributed by atoms with Gasteiger partial charge in [0, 0.05) is 23.2 Å². The quantitative estimate of drug-likeness (QED) is 0.759. The van der Waals surface area contributed by atoms with Crippen molar-refractivity contribution in [3.05, 3.63) is 70.2 Å². The summed E-state index contributed by atoms with van der Waals surface area (Å²) in [5.74, 6) is 0.0763. The first-order valence-electron chi connectivity index (χ1n) is 7.72. The lowest BCUT2D eigenvalue weighted by atomic mass is 10.0. The molecule has 2 aromatic rings. The summed E-state index contributed by atoms with van der Waals surface area (Å²) in [5.41, 5.74) is 2.70. The number of halogens is 1. The van der Waals surface area contributed by atoms with Gasteiger partial charge in [0.15, 0.2) is 5.78 Å². The van der Waals surface area contributed by atoms with Crippen molar-refractivity contribution in [3.8, 4) is 0 Å². The smallest absolute Gasteiger partial charge is 0.159 e. The average Bonchev–Trinajstić information content (AvgIpc) is 2.53. The van der Waals surface area contributed by atoms with E-state index in [1.807, 2.05) is 36.4 Å². The van der Waals surface area contributed by atoms with Crippen LogP contribution in [0, 0.1) is 0 Å². The Hall–Kier alpha value is -1.68. The Balaban J connectivity index is 1.84. The zero-order valence-electron chi connectivity index (χ0n) is 13.4. The minimum Gasteiger partial charge on any atom is -0.387 e. The van der Waals surface area contributed by atoms with E-state index in [0.29, 0.717) is 11.6 Å². The number of carbonyl (C=O) groups excluding carboxylic acids is 1. The number of carbonyl (C=O) groups is 1. The zero-order chi connectivity index (χ0) is 16.8. The third kappa shape index (κ3) is 5.47. The lowest BCUT2D eigenvalue weighted by Gasteiger charge is -2.18. The van der Waals surface area contributed by atoms with Gasteiger partial charge < -0.3 is 10.4 Å². The number of Topliss-reactive ketones (excluding diaryl/α,β-unsaturated/α-hetero) is 1. The van der Waals surface area contributed by atoms with Crippen LogP contribution < -0.4 is 5.32 Å². The van der Waals surface area contributed by atoms with Crippen molar-refractivity contribution in [1.29, 1.82) is 0 Å². The minimum atomic E-state index is -0.587. The van der Waals surface area contributed by atoms with E-state index >= 15 is 0 Å². The van der Waals surface area contributed by atoms with Crippen LogP contribution in [-0.4, -0.2) is 23.5 Å². The van der Waals surface area contributed by atoms with Crippen LogP contribution in [0.2, 0.25) is 5.02 Å². The van der Waals surface area contributed by atoms with Crippen LogP contribution in [0.5, 0.6) is 0 Å². The molecule has 0 radical (unpaired) electrons. The van der Waals surface area contributed by atoms with Gasteiger partial charge in [-0.05, 0) is 43.5 Å². The number of benzene rings is 2. The molecule has 2 rings (SSSR count). The molecule has 1 unspecified atom stereocenters. The van der Waals surface area contributed by atoms with E-state index in [2.05, 4.69) is 12.2 Å². The molecule has 0 amide bonds. The number of aliphatic hydroxyl groups excluding tert-OH is 1. The Kier molecular flexibility index (Phi) is 6.34. The van der Waals surface area contributed by atoms with E-state index in [0.717, 1.165) is 23.1 Å². The van der Waals surface area contributed by atoms with E-state index in [1.54, 1.807) is 19.1 Å². The summed E-state index contributed by atoms with van der Waals surface area (Å²) in [6.45, 7) is 4.10. The monoisotopic (exact) mass is 331 g/mol. The first-order chi connectivity index (χ1) is 11.0. The van der Waals surface area contributed by atoms with Crippen molar-refractivity contribution in [3.63, 3.8) is 0 Å². The predicted octanol–water partition coefficient (Wildman–Crippen LogP) is 3.80. The molecule has 2 atom stereocenters. The molecule has 0 fully saturated rings. The fraction of sp³-hybridized carbons (Fsp3) is 0.316. The fourth-order valence-electron chi connectivity index (χ4n) is 2.45. The molecular weight excluding hydrogens is 310 g/mol. The van der Waals surface area contributed by atoms with Crippen LogP contribution in [0.15, 0.2) is 48.5 Å². The second kappa shape index (κ2) is 8.25. The van der Waals surface area contributed by atoms with Crippen LogP contribution in [0.3, 0.4) is 0 Å². The number of rotatable bonds is 7. The summed E-state index contributed by atoms with van der Waals surface area (Å²) >= 11 is 5.94. The maximum atomic E-state index is 11.3. The van der Waals surface area contributed by atoms with Crippen LogP contribution in [0.4, 0.5) is 0 Å². The Morgan fingerprint density at radius 3 is 2.52 bits per heavy atom. The molecule has 122 valence electrons.